The Morgan fingerprint density at radius 2 is 1.54 bits per heavy atom. The molecule has 0 aliphatic heterocycles. The lowest BCUT2D eigenvalue weighted by molar-refractivity contribution is 0.410. The molecule has 1 unspecified atom stereocenters. The van der Waals surface area contributed by atoms with Gasteiger partial charge in [0.2, 0.25) is 10.0 Å². The van der Waals surface area contributed by atoms with Crippen molar-refractivity contribution in [3.63, 3.8) is 0 Å². The first-order chi connectivity index (χ1) is 12.0. The van der Waals surface area contributed by atoms with Gasteiger partial charge in [-0.3, -0.25) is 0 Å². The van der Waals surface area contributed by atoms with E-state index in [0.29, 0.717) is 11.3 Å². The van der Waals surface area contributed by atoms with Crippen molar-refractivity contribution in [1.29, 1.82) is 0 Å². The van der Waals surface area contributed by atoms with Gasteiger partial charge in [-0.25, -0.2) is 13.1 Å². The Bertz CT molecular complexity index is 879. The second-order valence-corrected chi connectivity index (χ2v) is 9.41. The van der Waals surface area contributed by atoms with Crippen LogP contribution in [0.2, 0.25) is 0 Å². The molecule has 0 spiro atoms. The van der Waals surface area contributed by atoms with Crippen LogP contribution >= 0.6 is 0 Å². The van der Waals surface area contributed by atoms with Gasteiger partial charge in [-0.1, -0.05) is 45.0 Å². The number of sulfonamides is 1. The molecule has 5 heteroatoms. The molecule has 0 fully saturated rings. The lowest BCUT2D eigenvalue weighted by Gasteiger charge is -2.21. The first-order valence-corrected chi connectivity index (χ1v) is 10.2. The van der Waals surface area contributed by atoms with E-state index in [1.54, 1.807) is 26.2 Å². The lowest BCUT2D eigenvalue weighted by atomic mass is 9.86. The predicted octanol–water partition coefficient (Wildman–Crippen LogP) is 4.65. The highest BCUT2D eigenvalue weighted by atomic mass is 32.2. The smallest absolute Gasteiger partial charge is 0.241 e. The number of benzene rings is 2. The Morgan fingerprint density at radius 1 is 0.962 bits per heavy atom. The largest absolute Gasteiger partial charge is 0.496 e. The molecule has 0 aromatic heterocycles. The van der Waals surface area contributed by atoms with Crippen LogP contribution in [0.3, 0.4) is 0 Å². The van der Waals surface area contributed by atoms with Gasteiger partial charge in [0.1, 0.15) is 5.75 Å². The van der Waals surface area contributed by atoms with Crippen molar-refractivity contribution < 1.29 is 13.2 Å². The summed E-state index contributed by atoms with van der Waals surface area (Å²) in [5, 5.41) is 0. The molecule has 142 valence electrons. The average molecular weight is 376 g/mol. The summed E-state index contributed by atoms with van der Waals surface area (Å²) < 4.78 is 33.8. The number of hydrogen-bond acceptors (Lipinski definition) is 3. The third-order valence-corrected chi connectivity index (χ3v) is 6.49. The third-order valence-electron chi connectivity index (χ3n) is 4.81. The van der Waals surface area contributed by atoms with Crippen LogP contribution in [0.25, 0.3) is 0 Å². The summed E-state index contributed by atoms with van der Waals surface area (Å²) in [5.74, 6) is 0.687. The van der Waals surface area contributed by atoms with E-state index in [0.717, 1.165) is 11.1 Å². The Balaban J connectivity index is 2.28. The Hall–Kier alpha value is -1.85. The SMILES string of the molecule is COc1ccc(S(=O)(=O)NC(C)c2ccc(C(C)(C)C)cc2)c(C)c1C. The molecule has 0 amide bonds. The fraction of sp³-hybridized carbons (Fsp3) is 0.429. The van der Waals surface area contributed by atoms with Crippen LogP contribution in [0.5, 0.6) is 5.75 Å². The first-order valence-electron chi connectivity index (χ1n) is 8.74. The summed E-state index contributed by atoms with van der Waals surface area (Å²) in [6, 6.07) is 11.1. The van der Waals surface area contributed by atoms with Gasteiger partial charge in [0, 0.05) is 6.04 Å². The zero-order valence-corrected chi connectivity index (χ0v) is 17.5. The number of rotatable bonds is 5. The van der Waals surface area contributed by atoms with E-state index in [9.17, 15) is 8.42 Å². The number of hydrogen-bond donors (Lipinski definition) is 1. The van der Waals surface area contributed by atoms with Gasteiger partial charge < -0.3 is 4.74 Å². The van der Waals surface area contributed by atoms with Crippen molar-refractivity contribution in [3.05, 3.63) is 58.7 Å². The topological polar surface area (TPSA) is 55.4 Å². The Labute approximate surface area is 157 Å². The van der Waals surface area contributed by atoms with Gasteiger partial charge in [-0.2, -0.15) is 0 Å². The minimum Gasteiger partial charge on any atom is -0.496 e. The number of nitrogens with one attached hydrogen (secondary N) is 1. The zero-order valence-electron chi connectivity index (χ0n) is 16.7. The maximum Gasteiger partial charge on any atom is 0.241 e. The highest BCUT2D eigenvalue weighted by molar-refractivity contribution is 7.89. The molecular weight excluding hydrogens is 346 g/mol. The van der Waals surface area contributed by atoms with Crippen molar-refractivity contribution in [2.45, 2.75) is 57.9 Å². The maximum absolute atomic E-state index is 12.9. The van der Waals surface area contributed by atoms with Gasteiger partial charge in [-0.05, 0) is 60.6 Å². The number of ether oxygens (including phenoxy) is 1. The molecule has 26 heavy (non-hydrogen) atoms. The molecule has 2 rings (SSSR count). The van der Waals surface area contributed by atoms with Gasteiger partial charge in [0.05, 0.1) is 12.0 Å². The van der Waals surface area contributed by atoms with Gasteiger partial charge in [0.15, 0.2) is 0 Å². The van der Waals surface area contributed by atoms with Crippen molar-refractivity contribution >= 4 is 10.0 Å². The fourth-order valence-corrected chi connectivity index (χ4v) is 4.45. The number of methoxy groups -OCH3 is 1. The zero-order chi connectivity index (χ0) is 19.7. The summed E-state index contributed by atoms with van der Waals surface area (Å²) in [6.45, 7) is 12.0. The van der Waals surface area contributed by atoms with Crippen LogP contribution in [-0.2, 0) is 15.4 Å². The molecule has 0 aliphatic rings. The molecule has 0 radical (unpaired) electrons. The van der Waals surface area contributed by atoms with E-state index in [1.165, 1.54) is 5.56 Å². The molecule has 0 heterocycles. The second-order valence-electron chi connectivity index (χ2n) is 7.73. The molecule has 0 saturated carbocycles. The van der Waals surface area contributed by atoms with Gasteiger partial charge >= 0.3 is 0 Å². The van der Waals surface area contributed by atoms with Gasteiger partial charge in [0.25, 0.3) is 0 Å². The van der Waals surface area contributed by atoms with E-state index in [4.69, 9.17) is 4.74 Å². The van der Waals surface area contributed by atoms with Crippen LogP contribution in [0.4, 0.5) is 0 Å². The molecule has 2 aromatic carbocycles. The van der Waals surface area contributed by atoms with E-state index in [2.05, 4.69) is 37.6 Å². The molecule has 2 aromatic rings. The molecule has 0 bridgehead atoms. The third kappa shape index (κ3) is 4.27. The summed E-state index contributed by atoms with van der Waals surface area (Å²) in [4.78, 5) is 0.286. The van der Waals surface area contributed by atoms with E-state index in [-0.39, 0.29) is 16.4 Å². The normalized spacial score (nSPS) is 13.5. The molecular formula is C21H29NO3S. The lowest BCUT2D eigenvalue weighted by Crippen LogP contribution is -2.27. The Kier molecular flexibility index (Phi) is 5.83. The van der Waals surface area contributed by atoms with E-state index < -0.39 is 10.0 Å². The fourth-order valence-electron chi connectivity index (χ4n) is 2.92. The summed E-state index contributed by atoms with van der Waals surface area (Å²) in [5.41, 5.74) is 3.76. The molecule has 4 nitrogen and oxygen atoms in total. The molecule has 1 atom stereocenters. The summed E-state index contributed by atoms with van der Waals surface area (Å²) in [7, 11) is -2.05. The highest BCUT2D eigenvalue weighted by Gasteiger charge is 2.22. The van der Waals surface area contributed by atoms with Crippen molar-refractivity contribution in [2.75, 3.05) is 7.11 Å². The van der Waals surface area contributed by atoms with Crippen LogP contribution < -0.4 is 9.46 Å². The van der Waals surface area contributed by atoms with Crippen LogP contribution in [-0.4, -0.2) is 15.5 Å². The first kappa shape index (κ1) is 20.5. The monoisotopic (exact) mass is 375 g/mol. The minimum absolute atomic E-state index is 0.0685. The second kappa shape index (κ2) is 7.41. The quantitative estimate of drug-likeness (QED) is 0.828. The van der Waals surface area contributed by atoms with Crippen molar-refractivity contribution in [3.8, 4) is 5.75 Å². The summed E-state index contributed by atoms with van der Waals surface area (Å²) >= 11 is 0. The maximum atomic E-state index is 12.9. The van der Waals surface area contributed by atoms with Gasteiger partial charge in [-0.15, -0.1) is 0 Å². The van der Waals surface area contributed by atoms with E-state index >= 15 is 0 Å². The minimum atomic E-state index is -3.63. The van der Waals surface area contributed by atoms with E-state index in [1.807, 2.05) is 26.0 Å². The van der Waals surface area contributed by atoms with Crippen LogP contribution in [0.15, 0.2) is 41.3 Å². The standard InChI is InChI=1S/C21H29NO3S/c1-14-15(2)20(13-12-19(14)25-7)26(23,24)22-16(3)17-8-10-18(11-9-17)21(4,5)6/h8-13,16,22H,1-7H3. The molecule has 1 N–H and O–H groups in total. The highest BCUT2D eigenvalue weighted by Crippen LogP contribution is 2.28. The van der Waals surface area contributed by atoms with Crippen molar-refractivity contribution in [1.82, 2.24) is 4.72 Å². The predicted molar refractivity (Wildman–Crippen MR) is 106 cm³/mol. The molecule has 0 saturated heterocycles. The summed E-state index contributed by atoms with van der Waals surface area (Å²) in [6.07, 6.45) is 0. The Morgan fingerprint density at radius 3 is 2.04 bits per heavy atom. The van der Waals surface area contributed by atoms with Crippen LogP contribution in [0.1, 0.15) is 56.0 Å². The van der Waals surface area contributed by atoms with Crippen molar-refractivity contribution in [2.24, 2.45) is 0 Å². The van der Waals surface area contributed by atoms with Crippen LogP contribution in [0, 0.1) is 13.8 Å². The average Bonchev–Trinajstić information content (AvgIpc) is 2.56. The molecule has 0 aliphatic carbocycles.